The number of rotatable bonds is 4. The van der Waals surface area contributed by atoms with Crippen LogP contribution in [0.4, 0.5) is 5.69 Å². The van der Waals surface area contributed by atoms with Gasteiger partial charge in [-0.2, -0.15) is 0 Å². The lowest BCUT2D eigenvalue weighted by molar-refractivity contribution is 0.239. The molecular formula is C21H22N4O4. The Kier molecular flexibility index (Phi) is 4.85. The van der Waals surface area contributed by atoms with Gasteiger partial charge in [-0.15, -0.1) is 0 Å². The van der Waals surface area contributed by atoms with Crippen molar-refractivity contribution in [3.63, 3.8) is 0 Å². The summed E-state index contributed by atoms with van der Waals surface area (Å²) in [6.45, 7) is 1.71. The van der Waals surface area contributed by atoms with Gasteiger partial charge in [0.15, 0.2) is 11.5 Å². The minimum absolute atomic E-state index is 0.120. The number of phenols is 2. The normalized spacial score (nSPS) is 13.8. The van der Waals surface area contributed by atoms with Crippen LogP contribution in [-0.2, 0) is 19.5 Å². The monoisotopic (exact) mass is 394 g/mol. The van der Waals surface area contributed by atoms with Crippen molar-refractivity contribution in [2.75, 3.05) is 19.4 Å². The molecule has 0 saturated carbocycles. The number of anilines is 1. The van der Waals surface area contributed by atoms with E-state index in [9.17, 15) is 15.0 Å². The predicted octanol–water partition coefficient (Wildman–Crippen LogP) is 2.00. The SMILES string of the molecule is COc1cc(CN2CCc3c(nc(-c4ccc(N)cc4)[nH]c3=O)C2)cc(O)c1O. The van der Waals surface area contributed by atoms with E-state index in [1.807, 2.05) is 12.1 Å². The molecule has 1 aliphatic heterocycles. The average molecular weight is 394 g/mol. The molecule has 2 heterocycles. The minimum Gasteiger partial charge on any atom is -0.504 e. The van der Waals surface area contributed by atoms with Gasteiger partial charge in [-0.05, 0) is 48.4 Å². The molecule has 4 rings (SSSR count). The fraction of sp³-hybridized carbons (Fsp3) is 0.238. The molecule has 3 aromatic rings. The van der Waals surface area contributed by atoms with E-state index in [1.54, 1.807) is 18.2 Å². The highest BCUT2D eigenvalue weighted by Gasteiger charge is 2.22. The summed E-state index contributed by atoms with van der Waals surface area (Å²) in [5.41, 5.74) is 9.29. The molecule has 0 amide bonds. The average Bonchev–Trinajstić information content (AvgIpc) is 2.70. The third kappa shape index (κ3) is 3.74. The first-order chi connectivity index (χ1) is 13.9. The van der Waals surface area contributed by atoms with Crippen LogP contribution in [-0.4, -0.2) is 38.7 Å². The molecule has 1 aromatic heterocycles. The molecule has 8 nitrogen and oxygen atoms in total. The van der Waals surface area contributed by atoms with Crippen LogP contribution in [0, 0.1) is 0 Å². The fourth-order valence-corrected chi connectivity index (χ4v) is 3.56. The van der Waals surface area contributed by atoms with Gasteiger partial charge in [-0.3, -0.25) is 9.69 Å². The minimum atomic E-state index is -0.276. The topological polar surface area (TPSA) is 125 Å². The molecule has 0 atom stereocenters. The number of fused-ring (bicyclic) bond motifs is 1. The molecule has 1 aliphatic rings. The lowest BCUT2D eigenvalue weighted by Gasteiger charge is -2.28. The van der Waals surface area contributed by atoms with Crippen LogP contribution < -0.4 is 16.0 Å². The molecule has 0 radical (unpaired) electrons. The highest BCUT2D eigenvalue weighted by atomic mass is 16.5. The van der Waals surface area contributed by atoms with E-state index < -0.39 is 0 Å². The van der Waals surface area contributed by atoms with Gasteiger partial charge in [0, 0.05) is 36.4 Å². The summed E-state index contributed by atoms with van der Waals surface area (Å²) in [5, 5.41) is 19.7. The van der Waals surface area contributed by atoms with Crippen molar-refractivity contribution in [3.05, 3.63) is 63.6 Å². The highest BCUT2D eigenvalue weighted by Crippen LogP contribution is 2.36. The van der Waals surface area contributed by atoms with E-state index in [1.165, 1.54) is 13.2 Å². The van der Waals surface area contributed by atoms with Crippen molar-refractivity contribution in [1.29, 1.82) is 0 Å². The van der Waals surface area contributed by atoms with Crippen LogP contribution in [0.1, 0.15) is 16.8 Å². The Hall–Kier alpha value is -3.52. The summed E-state index contributed by atoms with van der Waals surface area (Å²) >= 11 is 0. The number of methoxy groups -OCH3 is 1. The van der Waals surface area contributed by atoms with Crippen LogP contribution in [0.2, 0.25) is 0 Å². The Morgan fingerprint density at radius 1 is 1.24 bits per heavy atom. The van der Waals surface area contributed by atoms with Crippen molar-refractivity contribution < 1.29 is 14.9 Å². The highest BCUT2D eigenvalue weighted by molar-refractivity contribution is 5.59. The van der Waals surface area contributed by atoms with Gasteiger partial charge in [-0.1, -0.05) is 0 Å². The van der Waals surface area contributed by atoms with Gasteiger partial charge in [0.05, 0.1) is 12.8 Å². The van der Waals surface area contributed by atoms with Crippen molar-refractivity contribution in [2.45, 2.75) is 19.5 Å². The molecule has 2 aromatic carbocycles. The third-order valence-corrected chi connectivity index (χ3v) is 5.08. The van der Waals surface area contributed by atoms with E-state index in [2.05, 4.69) is 14.9 Å². The predicted molar refractivity (Wildman–Crippen MR) is 109 cm³/mol. The maximum Gasteiger partial charge on any atom is 0.254 e. The van der Waals surface area contributed by atoms with Crippen LogP contribution in [0.25, 0.3) is 11.4 Å². The first-order valence-electron chi connectivity index (χ1n) is 9.24. The number of aromatic amines is 1. The smallest absolute Gasteiger partial charge is 0.254 e. The zero-order valence-corrected chi connectivity index (χ0v) is 16.0. The summed E-state index contributed by atoms with van der Waals surface area (Å²) in [5.74, 6) is 0.232. The molecule has 0 fully saturated rings. The van der Waals surface area contributed by atoms with Gasteiger partial charge < -0.3 is 25.7 Å². The molecule has 0 spiro atoms. The summed E-state index contributed by atoms with van der Waals surface area (Å²) in [4.78, 5) is 22.2. The standard InChI is InChI=1S/C21H22N4O4/c1-29-18-9-12(8-17(26)19(18)27)10-25-7-6-15-16(11-25)23-20(24-21(15)28)13-2-4-14(22)5-3-13/h2-5,8-9,26-27H,6-7,10-11,22H2,1H3,(H,23,24,28). The van der Waals surface area contributed by atoms with Crippen molar-refractivity contribution in [1.82, 2.24) is 14.9 Å². The van der Waals surface area contributed by atoms with E-state index in [0.29, 0.717) is 43.1 Å². The lowest BCUT2D eigenvalue weighted by atomic mass is 10.0. The largest absolute Gasteiger partial charge is 0.504 e. The molecule has 0 aliphatic carbocycles. The second-order valence-electron chi connectivity index (χ2n) is 7.09. The van der Waals surface area contributed by atoms with E-state index in [4.69, 9.17) is 10.5 Å². The Bertz CT molecular complexity index is 1110. The zero-order chi connectivity index (χ0) is 20.5. The Balaban J connectivity index is 1.60. The van der Waals surface area contributed by atoms with E-state index >= 15 is 0 Å². The van der Waals surface area contributed by atoms with Crippen LogP contribution in [0.3, 0.4) is 0 Å². The van der Waals surface area contributed by atoms with E-state index in [-0.39, 0.29) is 22.8 Å². The zero-order valence-electron chi connectivity index (χ0n) is 16.0. The van der Waals surface area contributed by atoms with Gasteiger partial charge in [0.25, 0.3) is 5.56 Å². The molecule has 5 N–H and O–H groups in total. The fourth-order valence-electron chi connectivity index (χ4n) is 3.56. The number of H-pyrrole nitrogens is 1. The van der Waals surface area contributed by atoms with Crippen LogP contribution in [0.15, 0.2) is 41.2 Å². The number of nitrogen functional groups attached to an aromatic ring is 1. The van der Waals surface area contributed by atoms with Crippen molar-refractivity contribution in [2.24, 2.45) is 0 Å². The number of aromatic hydroxyl groups is 2. The molecule has 29 heavy (non-hydrogen) atoms. The Morgan fingerprint density at radius 2 is 2.00 bits per heavy atom. The van der Waals surface area contributed by atoms with Crippen LogP contribution >= 0.6 is 0 Å². The quantitative estimate of drug-likeness (QED) is 0.394. The first kappa shape index (κ1) is 18.8. The number of nitrogens with zero attached hydrogens (tertiary/aromatic N) is 2. The molecular weight excluding hydrogens is 372 g/mol. The first-order valence-corrected chi connectivity index (χ1v) is 9.24. The molecule has 0 unspecified atom stereocenters. The lowest BCUT2D eigenvalue weighted by Crippen LogP contribution is -2.35. The van der Waals surface area contributed by atoms with Crippen molar-refractivity contribution in [3.8, 4) is 28.6 Å². The molecule has 0 saturated heterocycles. The molecule has 8 heteroatoms. The third-order valence-electron chi connectivity index (χ3n) is 5.08. The Morgan fingerprint density at radius 3 is 2.72 bits per heavy atom. The maximum atomic E-state index is 12.5. The van der Waals surface area contributed by atoms with Crippen molar-refractivity contribution >= 4 is 5.69 Å². The number of phenolic OH excluding ortho intramolecular Hbond substituents is 2. The summed E-state index contributed by atoms with van der Waals surface area (Å²) in [6, 6.07) is 10.4. The second kappa shape index (κ2) is 7.48. The number of hydrogen-bond donors (Lipinski definition) is 4. The molecule has 150 valence electrons. The number of benzene rings is 2. The van der Waals surface area contributed by atoms with Crippen LogP contribution in [0.5, 0.6) is 17.2 Å². The Labute approximate surface area is 167 Å². The summed E-state index contributed by atoms with van der Waals surface area (Å²) in [6.07, 6.45) is 0.584. The van der Waals surface area contributed by atoms with E-state index in [0.717, 1.165) is 16.8 Å². The number of nitrogens with two attached hydrogens (primary N) is 1. The number of ether oxygens (including phenoxy) is 1. The summed E-state index contributed by atoms with van der Waals surface area (Å²) < 4.78 is 5.11. The number of hydrogen-bond acceptors (Lipinski definition) is 7. The molecule has 0 bridgehead atoms. The van der Waals surface area contributed by atoms with Gasteiger partial charge in [0.1, 0.15) is 5.82 Å². The second-order valence-corrected chi connectivity index (χ2v) is 7.09. The maximum absolute atomic E-state index is 12.5. The van der Waals surface area contributed by atoms with Gasteiger partial charge in [-0.25, -0.2) is 4.98 Å². The summed E-state index contributed by atoms with van der Waals surface area (Å²) in [7, 11) is 1.43. The van der Waals surface area contributed by atoms with Gasteiger partial charge in [0.2, 0.25) is 5.75 Å². The van der Waals surface area contributed by atoms with Gasteiger partial charge >= 0.3 is 0 Å². The number of nitrogens with one attached hydrogen (secondary N) is 1. The number of aromatic nitrogens is 2.